The fraction of sp³-hybridized carbons (Fsp3) is 0.588. The zero-order valence-electron chi connectivity index (χ0n) is 12.6. The molecule has 0 amide bonds. The van der Waals surface area contributed by atoms with Crippen LogP contribution in [0.1, 0.15) is 58.9 Å². The molecule has 0 spiro atoms. The molecule has 2 rings (SSSR count). The van der Waals surface area contributed by atoms with Gasteiger partial charge in [-0.15, -0.1) is 0 Å². The molecule has 1 aromatic carbocycles. The minimum absolute atomic E-state index is 0.0386. The number of benzene rings is 1. The summed E-state index contributed by atoms with van der Waals surface area (Å²) in [7, 11) is 0. The molecule has 0 bridgehead atoms. The van der Waals surface area contributed by atoms with Crippen LogP contribution in [0.25, 0.3) is 0 Å². The van der Waals surface area contributed by atoms with Gasteiger partial charge in [0, 0.05) is 11.1 Å². The Hall–Kier alpha value is -1.31. The maximum atomic E-state index is 5.86. The van der Waals surface area contributed by atoms with Gasteiger partial charge < -0.3 is 4.74 Å². The third kappa shape index (κ3) is 2.99. The monoisotopic (exact) mass is 259 g/mol. The van der Waals surface area contributed by atoms with Gasteiger partial charge >= 0.3 is 0 Å². The molecule has 0 atom stereocenters. The summed E-state index contributed by atoms with van der Waals surface area (Å²) >= 11 is 0. The molecule has 0 aromatic heterocycles. The first-order valence-electron chi connectivity index (χ1n) is 7.39. The summed E-state index contributed by atoms with van der Waals surface area (Å²) in [6.07, 6.45) is 4.97. The number of unbranched alkanes of at least 4 members (excludes halogenated alkanes) is 3. The molecule has 0 N–H and O–H groups in total. The molecule has 0 saturated heterocycles. The Morgan fingerprint density at radius 1 is 1.16 bits per heavy atom. The quantitative estimate of drug-likeness (QED) is 0.657. The lowest BCUT2D eigenvalue weighted by Crippen LogP contribution is -2.22. The van der Waals surface area contributed by atoms with E-state index in [0.717, 1.165) is 24.5 Å². The van der Waals surface area contributed by atoms with E-state index in [4.69, 9.17) is 4.74 Å². The van der Waals surface area contributed by atoms with E-state index in [-0.39, 0.29) is 5.41 Å². The highest BCUT2D eigenvalue weighted by Crippen LogP contribution is 2.41. The molecule has 0 radical (unpaired) electrons. The third-order valence-corrected chi connectivity index (χ3v) is 4.10. The summed E-state index contributed by atoms with van der Waals surface area (Å²) in [6.45, 7) is 9.60. The molecular formula is C17H25NO. The highest BCUT2D eigenvalue weighted by Gasteiger charge is 2.32. The summed E-state index contributed by atoms with van der Waals surface area (Å²) in [4.78, 5) is 4.63. The first-order valence-corrected chi connectivity index (χ1v) is 7.39. The maximum Gasteiger partial charge on any atom is 0.119 e. The predicted octanol–water partition coefficient (Wildman–Crippen LogP) is 5.03. The van der Waals surface area contributed by atoms with E-state index in [1.54, 1.807) is 0 Å². The second-order valence-electron chi connectivity index (χ2n) is 5.91. The fourth-order valence-corrected chi connectivity index (χ4v) is 2.44. The summed E-state index contributed by atoms with van der Waals surface area (Å²) in [5, 5.41) is 0. The van der Waals surface area contributed by atoms with Crippen molar-refractivity contribution in [3.05, 3.63) is 23.8 Å². The largest absolute Gasteiger partial charge is 0.494 e. The van der Waals surface area contributed by atoms with Crippen molar-refractivity contribution in [1.29, 1.82) is 0 Å². The van der Waals surface area contributed by atoms with Crippen molar-refractivity contribution in [3.63, 3.8) is 0 Å². The van der Waals surface area contributed by atoms with Crippen LogP contribution in [-0.2, 0) is 5.41 Å². The van der Waals surface area contributed by atoms with E-state index in [9.17, 15) is 0 Å². The van der Waals surface area contributed by atoms with Crippen molar-refractivity contribution < 1.29 is 4.74 Å². The van der Waals surface area contributed by atoms with Gasteiger partial charge in [-0.25, -0.2) is 0 Å². The number of ether oxygens (including phenoxy) is 1. The van der Waals surface area contributed by atoms with Crippen LogP contribution in [0.2, 0.25) is 0 Å². The van der Waals surface area contributed by atoms with Crippen molar-refractivity contribution in [2.75, 3.05) is 6.61 Å². The van der Waals surface area contributed by atoms with Gasteiger partial charge in [-0.05, 0) is 37.1 Å². The molecule has 104 valence electrons. The number of hydrogen-bond acceptors (Lipinski definition) is 2. The van der Waals surface area contributed by atoms with E-state index in [0.29, 0.717) is 0 Å². The third-order valence-electron chi connectivity index (χ3n) is 4.10. The molecule has 0 unspecified atom stereocenters. The van der Waals surface area contributed by atoms with Crippen molar-refractivity contribution in [2.45, 2.75) is 58.8 Å². The molecule has 0 aliphatic carbocycles. The normalized spacial score (nSPS) is 16.1. The van der Waals surface area contributed by atoms with Crippen LogP contribution in [0.5, 0.6) is 5.75 Å². The fourth-order valence-electron chi connectivity index (χ4n) is 2.44. The molecule has 2 heteroatoms. The Balaban J connectivity index is 1.98. The van der Waals surface area contributed by atoms with Crippen LogP contribution < -0.4 is 4.74 Å². The number of rotatable bonds is 6. The zero-order chi connectivity index (χ0) is 13.9. The minimum Gasteiger partial charge on any atom is -0.494 e. The highest BCUT2D eigenvalue weighted by atomic mass is 16.5. The smallest absolute Gasteiger partial charge is 0.119 e. The number of fused-ring (bicyclic) bond motifs is 1. The van der Waals surface area contributed by atoms with Crippen molar-refractivity contribution in [2.24, 2.45) is 4.99 Å². The van der Waals surface area contributed by atoms with Gasteiger partial charge in [-0.2, -0.15) is 0 Å². The summed E-state index contributed by atoms with van der Waals surface area (Å²) in [5.74, 6) is 0.980. The Labute approximate surface area is 116 Å². The van der Waals surface area contributed by atoms with Crippen LogP contribution in [0, 0.1) is 0 Å². The molecule has 1 heterocycles. The molecule has 0 fully saturated rings. The SMILES string of the molecule is CCCCCCOc1ccc2c(c1)C(C)(C)C(C)=N2. The highest BCUT2D eigenvalue weighted by molar-refractivity contribution is 5.99. The average molecular weight is 259 g/mol. The van der Waals surface area contributed by atoms with Gasteiger partial charge in [0.1, 0.15) is 5.75 Å². The van der Waals surface area contributed by atoms with Gasteiger partial charge in [0.25, 0.3) is 0 Å². The van der Waals surface area contributed by atoms with E-state index in [1.165, 1.54) is 30.5 Å². The standard InChI is InChI=1S/C17H25NO/c1-5-6-7-8-11-19-14-9-10-16-15(12-14)17(3,4)13(2)18-16/h9-10,12H,5-8,11H2,1-4H3. The topological polar surface area (TPSA) is 21.6 Å². The summed E-state index contributed by atoms with van der Waals surface area (Å²) in [5.41, 5.74) is 3.61. The van der Waals surface area contributed by atoms with Crippen molar-refractivity contribution >= 4 is 11.4 Å². The zero-order valence-corrected chi connectivity index (χ0v) is 12.6. The van der Waals surface area contributed by atoms with Crippen LogP contribution in [0.3, 0.4) is 0 Å². The van der Waals surface area contributed by atoms with E-state index in [2.05, 4.69) is 44.8 Å². The maximum absolute atomic E-state index is 5.86. The number of nitrogens with zero attached hydrogens (tertiary/aromatic N) is 1. The van der Waals surface area contributed by atoms with Crippen LogP contribution >= 0.6 is 0 Å². The Morgan fingerprint density at radius 2 is 1.95 bits per heavy atom. The molecule has 0 saturated carbocycles. The number of hydrogen-bond donors (Lipinski definition) is 0. The van der Waals surface area contributed by atoms with E-state index in [1.807, 2.05) is 6.07 Å². The predicted molar refractivity (Wildman–Crippen MR) is 81.9 cm³/mol. The first-order chi connectivity index (χ1) is 9.05. The van der Waals surface area contributed by atoms with E-state index >= 15 is 0 Å². The minimum atomic E-state index is 0.0386. The first kappa shape index (κ1) is 14.1. The lowest BCUT2D eigenvalue weighted by Gasteiger charge is -2.20. The Morgan fingerprint density at radius 3 is 2.68 bits per heavy atom. The second kappa shape index (κ2) is 5.77. The molecule has 19 heavy (non-hydrogen) atoms. The molecule has 1 aliphatic rings. The van der Waals surface area contributed by atoms with Gasteiger partial charge in [0.05, 0.1) is 12.3 Å². The molecule has 1 aromatic rings. The van der Waals surface area contributed by atoms with Crippen molar-refractivity contribution in [3.8, 4) is 5.75 Å². The lowest BCUT2D eigenvalue weighted by atomic mass is 9.82. The van der Waals surface area contributed by atoms with E-state index < -0.39 is 0 Å². The van der Waals surface area contributed by atoms with Gasteiger partial charge in [0.15, 0.2) is 0 Å². The van der Waals surface area contributed by atoms with Gasteiger partial charge in [0.2, 0.25) is 0 Å². The molecular weight excluding hydrogens is 234 g/mol. The van der Waals surface area contributed by atoms with Gasteiger partial charge in [-0.3, -0.25) is 4.99 Å². The second-order valence-corrected chi connectivity index (χ2v) is 5.91. The van der Waals surface area contributed by atoms with Crippen LogP contribution in [0.4, 0.5) is 5.69 Å². The van der Waals surface area contributed by atoms with Crippen molar-refractivity contribution in [1.82, 2.24) is 0 Å². The Bertz CT molecular complexity index is 474. The average Bonchev–Trinajstić information content (AvgIpc) is 2.61. The number of aliphatic imine (C=N–C) groups is 1. The molecule has 1 aliphatic heterocycles. The summed E-state index contributed by atoms with van der Waals surface area (Å²) < 4.78 is 5.86. The lowest BCUT2D eigenvalue weighted by molar-refractivity contribution is 0.304. The van der Waals surface area contributed by atoms with Gasteiger partial charge in [-0.1, -0.05) is 40.0 Å². The Kier molecular flexibility index (Phi) is 4.28. The van der Waals surface area contributed by atoms with Crippen LogP contribution in [0.15, 0.2) is 23.2 Å². The molecule has 2 nitrogen and oxygen atoms in total. The van der Waals surface area contributed by atoms with Crippen LogP contribution in [-0.4, -0.2) is 12.3 Å². The summed E-state index contributed by atoms with van der Waals surface area (Å²) in [6, 6.07) is 6.28.